The van der Waals surface area contributed by atoms with Gasteiger partial charge in [0.05, 0.1) is 34.6 Å². The number of carbonyl (C=O) groups excluding carboxylic acids is 4. The van der Waals surface area contributed by atoms with Gasteiger partial charge in [0.1, 0.15) is 34.5 Å². The number of hydrogen-bond acceptors (Lipinski definition) is 10. The average Bonchev–Trinajstić information content (AvgIpc) is 3.15. The van der Waals surface area contributed by atoms with Gasteiger partial charge in [-0.05, 0) is 138 Å². The smallest absolute Gasteiger partial charge is 0.411 e. The molecule has 6 aromatic carbocycles. The van der Waals surface area contributed by atoms with Gasteiger partial charge in [-0.3, -0.25) is 19.2 Å². The maximum absolute atomic E-state index is 15.6. The number of carbonyl (C=O) groups is 4. The molecular formula is C54H42B4F12N4O9. The molecule has 1 aliphatic heterocycles. The fraction of sp³-hybridized carbons (Fsp3) is 0.222. The van der Waals surface area contributed by atoms with Crippen LogP contribution in [0, 0.1) is 23.7 Å². The molecule has 1 saturated heterocycles. The van der Waals surface area contributed by atoms with Crippen molar-refractivity contribution in [3.8, 4) is 34.5 Å². The van der Waals surface area contributed by atoms with Crippen molar-refractivity contribution in [2.75, 3.05) is 27.9 Å². The zero-order valence-corrected chi connectivity index (χ0v) is 43.9. The van der Waals surface area contributed by atoms with Gasteiger partial charge in [0, 0.05) is 18.2 Å². The van der Waals surface area contributed by atoms with Crippen LogP contribution in [0.2, 0.25) is 0 Å². The lowest BCUT2D eigenvalue weighted by molar-refractivity contribution is -0.290. The lowest BCUT2D eigenvalue weighted by Crippen LogP contribution is -2.55. The van der Waals surface area contributed by atoms with Gasteiger partial charge in [-0.15, -0.1) is 0 Å². The standard InChI is InChI=1S/C54H42B4F12N4O9/c1-71-35-21-29(8-16-39(35)80-55)49(51(59,60)61,52(62,63)64)30-9-17-40(81-56)36(22-30)72-45(75)25-4-12-33(13-5-25)79-34-14-6-26(7-15-34)46(76)73-37-23-31(10-18-41(37)82-57)50(53(65,66)67,54(68,69)70)32-11-19-42(83-58)38(24-32)74-47(77)43-27-2-3-28(20-27)44(43)48(74)78/h2-19,21-24,27-28,43-44,71H,20,55-58H2,1H3,(H,72,75)(H,73,76). The number of alkyl halides is 12. The number of imide groups is 1. The van der Waals surface area contributed by atoms with Crippen LogP contribution >= 0.6 is 0 Å². The maximum Gasteiger partial charge on any atom is 0.411 e. The van der Waals surface area contributed by atoms with Crippen molar-refractivity contribution in [1.29, 1.82) is 0 Å². The van der Waals surface area contributed by atoms with Crippen LogP contribution in [0.1, 0.15) is 49.4 Å². The van der Waals surface area contributed by atoms with E-state index in [1.54, 1.807) is 12.2 Å². The number of ether oxygens (including phenoxy) is 1. The molecule has 4 unspecified atom stereocenters. The summed E-state index contributed by atoms with van der Waals surface area (Å²) < 4.78 is 211. The number of amides is 4. The highest BCUT2D eigenvalue weighted by atomic mass is 19.4. The number of allylic oxidation sites excluding steroid dienone is 2. The van der Waals surface area contributed by atoms with Gasteiger partial charge in [-0.2, -0.15) is 52.7 Å². The fourth-order valence-corrected chi connectivity index (χ4v) is 11.3. The largest absolute Gasteiger partial charge is 0.566 e. The molecule has 83 heavy (non-hydrogen) atoms. The zero-order chi connectivity index (χ0) is 60.4. The van der Waals surface area contributed by atoms with Gasteiger partial charge < -0.3 is 39.3 Å². The second-order valence-electron chi connectivity index (χ2n) is 19.4. The van der Waals surface area contributed by atoms with E-state index >= 15 is 52.7 Å². The molecule has 3 N–H and O–H groups in total. The highest BCUT2D eigenvalue weighted by molar-refractivity contribution is 6.24. The van der Waals surface area contributed by atoms with Gasteiger partial charge >= 0.3 is 56.9 Å². The SMILES string of the molecule is BOc1ccc(C(c2ccc(OB)c(NC(=O)c3ccc(Oc4ccc(C(=O)Nc5cc(C(c6ccc(OB)c(N7C(=O)C8C9C=CC(C9)C8C7=O)c6)(C(F)(F)F)C(F)(F)F)ccc5OB)cc4)cc3)c2)(C(F)(F)F)C(F)(F)F)cc1NC. The lowest BCUT2D eigenvalue weighted by atomic mass is 9.72. The minimum absolute atomic E-state index is 0.0346. The first-order chi connectivity index (χ1) is 39.1. The maximum atomic E-state index is 15.6. The first-order valence-corrected chi connectivity index (χ1v) is 24.9. The van der Waals surface area contributed by atoms with Crippen molar-refractivity contribution in [3.05, 3.63) is 167 Å². The van der Waals surface area contributed by atoms with E-state index in [1.165, 1.54) is 63.6 Å². The topological polar surface area (TPSA) is 154 Å². The Morgan fingerprint density at radius 3 is 1.13 bits per heavy atom. The molecule has 428 valence electrons. The van der Waals surface area contributed by atoms with E-state index in [1.807, 2.05) is 0 Å². The summed E-state index contributed by atoms with van der Waals surface area (Å²) in [5.41, 5.74) is -17.1. The molecule has 3 aliphatic rings. The Morgan fingerprint density at radius 2 is 0.795 bits per heavy atom. The van der Waals surface area contributed by atoms with Crippen molar-refractivity contribution < 1.29 is 95.2 Å². The van der Waals surface area contributed by atoms with Crippen LogP contribution in [-0.2, 0) is 20.4 Å². The van der Waals surface area contributed by atoms with E-state index in [9.17, 15) is 19.2 Å². The first-order valence-electron chi connectivity index (χ1n) is 24.9. The van der Waals surface area contributed by atoms with E-state index in [-0.39, 0.29) is 63.1 Å². The van der Waals surface area contributed by atoms with Gasteiger partial charge in [0.25, 0.3) is 11.8 Å². The average molecular weight is 1160 g/mol. The number of rotatable bonds is 16. The monoisotopic (exact) mass is 1160 g/mol. The number of anilines is 4. The number of halogens is 12. The number of benzene rings is 6. The highest BCUT2D eigenvalue weighted by Crippen LogP contribution is 2.61. The second kappa shape index (κ2) is 21.6. The van der Waals surface area contributed by atoms with Crippen LogP contribution in [-0.4, -0.2) is 87.6 Å². The van der Waals surface area contributed by atoms with E-state index in [4.69, 9.17) is 23.4 Å². The molecule has 13 nitrogen and oxygen atoms in total. The molecule has 2 aliphatic carbocycles. The summed E-state index contributed by atoms with van der Waals surface area (Å²) in [5.74, 6) is -6.87. The molecule has 9 rings (SSSR count). The minimum atomic E-state index is -6.16. The number of hydrogen-bond donors (Lipinski definition) is 3. The van der Waals surface area contributed by atoms with Gasteiger partial charge in [-0.1, -0.05) is 36.4 Å². The number of nitrogens with zero attached hydrogens (tertiary/aromatic N) is 1. The predicted octanol–water partition coefficient (Wildman–Crippen LogP) is 8.87. The van der Waals surface area contributed by atoms with Crippen molar-refractivity contribution in [1.82, 2.24) is 0 Å². The highest BCUT2D eigenvalue weighted by Gasteiger charge is 2.74. The van der Waals surface area contributed by atoms with Gasteiger partial charge in [0.2, 0.25) is 22.6 Å². The Balaban J connectivity index is 0.938. The van der Waals surface area contributed by atoms with Gasteiger partial charge in [0.15, 0.2) is 0 Å². The summed E-state index contributed by atoms with van der Waals surface area (Å²) in [7, 11) is 5.67. The number of fused-ring (bicyclic) bond motifs is 5. The molecule has 6 aromatic rings. The zero-order valence-electron chi connectivity index (χ0n) is 43.9. The molecule has 29 heteroatoms. The van der Waals surface area contributed by atoms with Crippen molar-refractivity contribution >= 4 is 78.6 Å². The van der Waals surface area contributed by atoms with Crippen molar-refractivity contribution in [2.24, 2.45) is 23.7 Å². The molecule has 4 atom stereocenters. The Bertz CT molecular complexity index is 3510. The molecule has 0 spiro atoms. The third-order valence-corrected chi connectivity index (χ3v) is 15.2. The number of nitrogens with one attached hydrogen (secondary N) is 3. The molecule has 0 aromatic heterocycles. The van der Waals surface area contributed by atoms with E-state index < -0.39 is 110 Å². The Hall–Kier alpha value is -8.64. The van der Waals surface area contributed by atoms with Crippen LogP contribution in [0.3, 0.4) is 0 Å². The quantitative estimate of drug-likeness (QED) is 0.0371. The molecule has 4 amide bonds. The summed E-state index contributed by atoms with van der Waals surface area (Å²) >= 11 is 0. The summed E-state index contributed by atoms with van der Waals surface area (Å²) in [6, 6.07) is 17.6. The van der Waals surface area contributed by atoms with Crippen LogP contribution in [0.4, 0.5) is 75.4 Å². The van der Waals surface area contributed by atoms with Gasteiger partial charge in [-0.25, -0.2) is 4.90 Å². The molecule has 2 bridgehead atoms. The van der Waals surface area contributed by atoms with Crippen molar-refractivity contribution in [3.63, 3.8) is 0 Å². The van der Waals surface area contributed by atoms with Crippen LogP contribution < -0.4 is 44.2 Å². The van der Waals surface area contributed by atoms with Crippen molar-refractivity contribution in [2.45, 2.75) is 42.0 Å². The third kappa shape index (κ3) is 9.89. The molecular weight excluding hydrogens is 1120 g/mol. The summed E-state index contributed by atoms with van der Waals surface area (Å²) in [5, 5.41) is 7.13. The van der Waals surface area contributed by atoms with Crippen LogP contribution in [0.15, 0.2) is 133 Å². The van der Waals surface area contributed by atoms with Crippen LogP contribution in [0.25, 0.3) is 0 Å². The van der Waals surface area contributed by atoms with Crippen LogP contribution in [0.5, 0.6) is 34.5 Å². The Labute approximate surface area is 467 Å². The molecule has 1 saturated carbocycles. The third-order valence-electron chi connectivity index (χ3n) is 15.2. The molecule has 0 radical (unpaired) electrons. The van der Waals surface area contributed by atoms with E-state index in [0.717, 1.165) is 48.4 Å². The van der Waals surface area contributed by atoms with E-state index in [0.29, 0.717) is 59.9 Å². The van der Waals surface area contributed by atoms with E-state index in [2.05, 4.69) is 16.0 Å². The predicted molar refractivity (Wildman–Crippen MR) is 287 cm³/mol. The second-order valence-corrected chi connectivity index (χ2v) is 19.4. The first kappa shape index (κ1) is 59.0. The lowest BCUT2D eigenvalue weighted by Gasteiger charge is -2.39. The summed E-state index contributed by atoms with van der Waals surface area (Å²) in [4.78, 5) is 55.3. The fourth-order valence-electron chi connectivity index (χ4n) is 11.3. The Kier molecular flexibility index (Phi) is 15.4. The summed E-state index contributed by atoms with van der Waals surface area (Å²) in [6.07, 6.45) is -20.3. The minimum Gasteiger partial charge on any atom is -0.566 e. The summed E-state index contributed by atoms with van der Waals surface area (Å²) in [6.45, 7) is 0. The molecule has 1 heterocycles. The molecule has 2 fully saturated rings. The normalized spacial score (nSPS) is 17.9. The Morgan fingerprint density at radius 1 is 0.470 bits per heavy atom.